The van der Waals surface area contributed by atoms with Crippen LogP contribution in [-0.4, -0.2) is 41.1 Å². The van der Waals surface area contributed by atoms with Gasteiger partial charge in [0.25, 0.3) is 5.91 Å². The first-order chi connectivity index (χ1) is 14.3. The Morgan fingerprint density at radius 2 is 1.83 bits per heavy atom. The SMILES string of the molecule is Cn1nnnc1-c1cccc(NC(=O)c2cn(-c3ccccc3C(F)(F)F)nn2)c1. The lowest BCUT2D eigenvalue weighted by Gasteiger charge is -2.11. The molecule has 0 spiro atoms. The standard InChI is InChI=1S/C18H13F3N8O/c1-28-16(24-25-27-28)11-5-4-6-12(9-11)22-17(30)14-10-29(26-23-14)15-8-3-2-7-13(15)18(19,20)21/h2-10H,1H3,(H,22,30). The van der Waals surface area contributed by atoms with Crippen molar-refractivity contribution in [3.05, 3.63) is 66.0 Å². The number of tetrazole rings is 1. The number of nitrogens with zero attached hydrogens (tertiary/aromatic N) is 7. The topological polar surface area (TPSA) is 103 Å². The number of carbonyl (C=O) groups excluding carboxylic acids is 1. The Labute approximate surface area is 167 Å². The molecule has 0 aliphatic heterocycles. The summed E-state index contributed by atoms with van der Waals surface area (Å²) in [6.07, 6.45) is -3.43. The number of para-hydroxylation sites is 1. The predicted octanol–water partition coefficient (Wildman–Crippen LogP) is 2.73. The van der Waals surface area contributed by atoms with Crippen LogP contribution in [0.4, 0.5) is 18.9 Å². The molecule has 9 nitrogen and oxygen atoms in total. The molecule has 152 valence electrons. The van der Waals surface area contributed by atoms with Gasteiger partial charge in [-0.05, 0) is 34.7 Å². The minimum absolute atomic E-state index is 0.141. The average molecular weight is 414 g/mol. The Balaban J connectivity index is 1.57. The van der Waals surface area contributed by atoms with Crippen LogP contribution in [0.25, 0.3) is 17.1 Å². The first-order valence-corrected chi connectivity index (χ1v) is 8.56. The van der Waals surface area contributed by atoms with Gasteiger partial charge in [-0.3, -0.25) is 4.79 Å². The Hall–Kier alpha value is -4.09. The number of hydrogen-bond acceptors (Lipinski definition) is 6. The lowest BCUT2D eigenvalue weighted by atomic mass is 10.1. The summed E-state index contributed by atoms with van der Waals surface area (Å²) in [6.45, 7) is 0. The molecule has 2 aromatic heterocycles. The molecule has 30 heavy (non-hydrogen) atoms. The molecule has 4 aromatic rings. The van der Waals surface area contributed by atoms with Crippen molar-refractivity contribution in [1.82, 2.24) is 35.2 Å². The number of halogens is 3. The number of aromatic nitrogens is 7. The molecule has 0 unspecified atom stereocenters. The smallest absolute Gasteiger partial charge is 0.321 e. The van der Waals surface area contributed by atoms with Crippen molar-refractivity contribution in [1.29, 1.82) is 0 Å². The summed E-state index contributed by atoms with van der Waals surface area (Å²) in [6, 6.07) is 11.7. The van der Waals surface area contributed by atoms with E-state index in [1.165, 1.54) is 22.9 Å². The van der Waals surface area contributed by atoms with Crippen LogP contribution in [-0.2, 0) is 13.2 Å². The summed E-state index contributed by atoms with van der Waals surface area (Å²) in [7, 11) is 1.68. The summed E-state index contributed by atoms with van der Waals surface area (Å²) in [4.78, 5) is 12.5. The minimum atomic E-state index is -4.57. The van der Waals surface area contributed by atoms with Crippen molar-refractivity contribution >= 4 is 11.6 Å². The second-order valence-electron chi connectivity index (χ2n) is 6.22. The number of alkyl halides is 3. The largest absolute Gasteiger partial charge is 0.418 e. The number of amides is 1. The third-order valence-corrected chi connectivity index (χ3v) is 4.18. The van der Waals surface area contributed by atoms with Crippen LogP contribution in [0.1, 0.15) is 16.1 Å². The molecular formula is C18H13F3N8O. The van der Waals surface area contributed by atoms with E-state index in [4.69, 9.17) is 0 Å². The number of hydrogen-bond donors (Lipinski definition) is 1. The first kappa shape index (κ1) is 19.2. The predicted molar refractivity (Wildman–Crippen MR) is 98.5 cm³/mol. The zero-order valence-corrected chi connectivity index (χ0v) is 15.4. The van der Waals surface area contributed by atoms with Gasteiger partial charge in [-0.1, -0.05) is 29.5 Å². The Morgan fingerprint density at radius 1 is 1.03 bits per heavy atom. The Kier molecular flexibility index (Phi) is 4.74. The number of aryl methyl sites for hydroxylation is 1. The molecule has 12 heteroatoms. The van der Waals surface area contributed by atoms with Gasteiger partial charge in [0, 0.05) is 18.3 Å². The molecule has 4 rings (SSSR count). The summed E-state index contributed by atoms with van der Waals surface area (Å²) in [5, 5.41) is 21.2. The molecule has 1 N–H and O–H groups in total. The minimum Gasteiger partial charge on any atom is -0.321 e. The van der Waals surface area contributed by atoms with Crippen LogP contribution in [0.3, 0.4) is 0 Å². The number of rotatable bonds is 4. The second-order valence-corrected chi connectivity index (χ2v) is 6.22. The lowest BCUT2D eigenvalue weighted by molar-refractivity contribution is -0.137. The van der Waals surface area contributed by atoms with Gasteiger partial charge < -0.3 is 5.32 Å². The van der Waals surface area contributed by atoms with Crippen LogP contribution in [0.2, 0.25) is 0 Å². The molecule has 0 saturated heterocycles. The van der Waals surface area contributed by atoms with E-state index in [2.05, 4.69) is 31.2 Å². The fourth-order valence-electron chi connectivity index (χ4n) is 2.80. The van der Waals surface area contributed by atoms with E-state index in [1.807, 2.05) is 0 Å². The van der Waals surface area contributed by atoms with Crippen molar-refractivity contribution in [3.63, 3.8) is 0 Å². The fourth-order valence-corrected chi connectivity index (χ4v) is 2.80. The molecular weight excluding hydrogens is 401 g/mol. The van der Waals surface area contributed by atoms with E-state index >= 15 is 0 Å². The van der Waals surface area contributed by atoms with E-state index in [9.17, 15) is 18.0 Å². The normalized spacial score (nSPS) is 11.5. The van der Waals surface area contributed by atoms with Crippen LogP contribution in [0.15, 0.2) is 54.7 Å². The van der Waals surface area contributed by atoms with Crippen LogP contribution < -0.4 is 5.32 Å². The van der Waals surface area contributed by atoms with Crippen molar-refractivity contribution in [2.45, 2.75) is 6.18 Å². The maximum atomic E-state index is 13.2. The van der Waals surface area contributed by atoms with Gasteiger partial charge in [0.05, 0.1) is 17.4 Å². The maximum absolute atomic E-state index is 13.2. The lowest BCUT2D eigenvalue weighted by Crippen LogP contribution is -2.13. The zero-order chi connectivity index (χ0) is 21.3. The second kappa shape index (κ2) is 7.39. The van der Waals surface area contributed by atoms with E-state index in [-0.39, 0.29) is 11.4 Å². The van der Waals surface area contributed by atoms with Crippen LogP contribution >= 0.6 is 0 Å². The number of benzene rings is 2. The van der Waals surface area contributed by atoms with Crippen LogP contribution in [0, 0.1) is 0 Å². The molecule has 2 heterocycles. The number of anilines is 1. The van der Waals surface area contributed by atoms with Crippen molar-refractivity contribution in [2.24, 2.45) is 7.05 Å². The van der Waals surface area contributed by atoms with E-state index in [0.717, 1.165) is 16.9 Å². The highest BCUT2D eigenvalue weighted by Crippen LogP contribution is 2.33. The summed E-state index contributed by atoms with van der Waals surface area (Å²) in [5.41, 5.74) is -0.147. The van der Waals surface area contributed by atoms with E-state index in [1.54, 1.807) is 31.3 Å². The Bertz CT molecular complexity index is 1210. The molecule has 0 aliphatic rings. The summed E-state index contributed by atoms with van der Waals surface area (Å²) >= 11 is 0. The highest BCUT2D eigenvalue weighted by atomic mass is 19.4. The van der Waals surface area contributed by atoms with Gasteiger partial charge in [0.15, 0.2) is 11.5 Å². The van der Waals surface area contributed by atoms with Gasteiger partial charge in [0.2, 0.25) is 0 Å². The molecule has 0 aliphatic carbocycles. The van der Waals surface area contributed by atoms with Gasteiger partial charge in [-0.25, -0.2) is 9.36 Å². The third-order valence-electron chi connectivity index (χ3n) is 4.18. The fraction of sp³-hybridized carbons (Fsp3) is 0.111. The van der Waals surface area contributed by atoms with Gasteiger partial charge in [0.1, 0.15) is 0 Å². The number of carbonyl (C=O) groups is 1. The van der Waals surface area contributed by atoms with E-state index < -0.39 is 17.6 Å². The summed E-state index contributed by atoms with van der Waals surface area (Å²) < 4.78 is 42.0. The molecule has 2 aromatic carbocycles. The Morgan fingerprint density at radius 3 is 2.57 bits per heavy atom. The van der Waals surface area contributed by atoms with Crippen molar-refractivity contribution in [2.75, 3.05) is 5.32 Å². The number of nitrogens with one attached hydrogen (secondary N) is 1. The molecule has 0 bridgehead atoms. The van der Waals surface area contributed by atoms with Crippen molar-refractivity contribution < 1.29 is 18.0 Å². The average Bonchev–Trinajstić information content (AvgIpc) is 3.37. The molecule has 0 saturated carbocycles. The monoisotopic (exact) mass is 414 g/mol. The van der Waals surface area contributed by atoms with E-state index in [0.29, 0.717) is 17.1 Å². The molecule has 0 atom stereocenters. The van der Waals surface area contributed by atoms with Crippen molar-refractivity contribution in [3.8, 4) is 17.1 Å². The molecule has 1 amide bonds. The summed E-state index contributed by atoms with van der Waals surface area (Å²) in [5.74, 6) is -0.125. The molecule has 0 fully saturated rings. The third kappa shape index (κ3) is 3.74. The quantitative estimate of drug-likeness (QED) is 0.551. The maximum Gasteiger partial charge on any atom is 0.418 e. The van der Waals surface area contributed by atoms with Gasteiger partial charge >= 0.3 is 6.18 Å². The van der Waals surface area contributed by atoms with Gasteiger partial charge in [-0.2, -0.15) is 13.2 Å². The van der Waals surface area contributed by atoms with Crippen LogP contribution in [0.5, 0.6) is 0 Å². The van der Waals surface area contributed by atoms with Gasteiger partial charge in [-0.15, -0.1) is 10.2 Å². The first-order valence-electron chi connectivity index (χ1n) is 8.56. The molecule has 0 radical (unpaired) electrons. The zero-order valence-electron chi connectivity index (χ0n) is 15.4. The highest BCUT2D eigenvalue weighted by Gasteiger charge is 2.34. The highest BCUT2D eigenvalue weighted by molar-refractivity contribution is 6.02.